The quantitative estimate of drug-likeness (QED) is 0.526. The first-order valence-corrected chi connectivity index (χ1v) is 12.7. The van der Waals surface area contributed by atoms with Crippen LogP contribution in [0.25, 0.3) is 0 Å². The second kappa shape index (κ2) is 12.0. The number of amides is 2. The molecule has 186 valence electrons. The highest BCUT2D eigenvalue weighted by molar-refractivity contribution is 6.34. The molecule has 2 aromatic carbocycles. The second-order valence-corrected chi connectivity index (χ2v) is 9.50. The number of morpholine rings is 1. The smallest absolute Gasteiger partial charge is 0.262 e. The molecule has 0 spiro atoms. The van der Waals surface area contributed by atoms with Gasteiger partial charge in [0.25, 0.3) is 5.91 Å². The second-order valence-electron chi connectivity index (χ2n) is 8.66. The molecule has 35 heavy (non-hydrogen) atoms. The minimum atomic E-state index is -0.302. The van der Waals surface area contributed by atoms with Gasteiger partial charge >= 0.3 is 0 Å². The topological polar surface area (TPSA) is 65.5 Å². The Hall–Kier alpha value is -2.45. The average Bonchev–Trinajstić information content (AvgIpc) is 3.32. The number of nitrogens with zero attached hydrogens (tertiary/aromatic N) is 4. The minimum Gasteiger partial charge on any atom is -0.379 e. The highest BCUT2D eigenvalue weighted by Gasteiger charge is 2.34. The fourth-order valence-corrected chi connectivity index (χ4v) is 4.75. The fourth-order valence-electron chi connectivity index (χ4n) is 4.38. The van der Waals surface area contributed by atoms with E-state index >= 15 is 0 Å². The van der Waals surface area contributed by atoms with E-state index in [9.17, 15) is 9.59 Å². The largest absolute Gasteiger partial charge is 0.379 e. The van der Waals surface area contributed by atoms with Crippen LogP contribution >= 0.6 is 23.2 Å². The molecule has 0 radical (unpaired) electrons. The fraction of sp³-hybridized carbons (Fsp3) is 0.423. The molecule has 2 aliphatic rings. The van der Waals surface area contributed by atoms with Gasteiger partial charge < -0.3 is 9.64 Å². The zero-order chi connectivity index (χ0) is 24.8. The van der Waals surface area contributed by atoms with Gasteiger partial charge in [0.2, 0.25) is 5.91 Å². The predicted molar refractivity (Wildman–Crippen MR) is 138 cm³/mol. The molecule has 2 aliphatic heterocycles. The molecule has 2 amide bonds. The average molecular weight is 517 g/mol. The molecule has 7 nitrogen and oxygen atoms in total. The first-order chi connectivity index (χ1) is 17.0. The summed E-state index contributed by atoms with van der Waals surface area (Å²) in [5.74, 6) is -0.278. The highest BCUT2D eigenvalue weighted by atomic mass is 35.5. The maximum Gasteiger partial charge on any atom is 0.262 e. The molecule has 0 bridgehead atoms. The van der Waals surface area contributed by atoms with Gasteiger partial charge in [0.05, 0.1) is 25.0 Å². The zero-order valence-electron chi connectivity index (χ0n) is 19.8. The Morgan fingerprint density at radius 2 is 1.80 bits per heavy atom. The van der Waals surface area contributed by atoms with Gasteiger partial charge in [-0.15, -0.1) is 0 Å². The van der Waals surface area contributed by atoms with E-state index in [1.54, 1.807) is 4.90 Å². The first kappa shape index (κ1) is 25.6. The molecular formula is C26H30Cl2N4O3. The molecule has 1 fully saturated rings. The van der Waals surface area contributed by atoms with E-state index < -0.39 is 0 Å². The monoisotopic (exact) mass is 516 g/mol. The summed E-state index contributed by atoms with van der Waals surface area (Å²) in [7, 11) is 0. The van der Waals surface area contributed by atoms with Crippen LogP contribution in [0.1, 0.15) is 36.9 Å². The number of benzene rings is 2. The van der Waals surface area contributed by atoms with Crippen LogP contribution in [-0.4, -0.2) is 78.3 Å². The third-order valence-corrected chi connectivity index (χ3v) is 6.96. The highest BCUT2D eigenvalue weighted by Crippen LogP contribution is 2.35. The molecule has 1 unspecified atom stereocenters. The van der Waals surface area contributed by atoms with Crippen LogP contribution in [0.4, 0.5) is 0 Å². The Kier molecular flexibility index (Phi) is 8.78. The van der Waals surface area contributed by atoms with Gasteiger partial charge in [-0.1, -0.05) is 60.5 Å². The summed E-state index contributed by atoms with van der Waals surface area (Å²) in [5.41, 5.74) is 2.47. The van der Waals surface area contributed by atoms with E-state index in [1.165, 1.54) is 5.01 Å². The lowest BCUT2D eigenvalue weighted by Gasteiger charge is -2.31. The number of hydrogen-bond donors (Lipinski definition) is 0. The summed E-state index contributed by atoms with van der Waals surface area (Å²) >= 11 is 12.5. The summed E-state index contributed by atoms with van der Waals surface area (Å²) in [4.78, 5) is 30.2. The summed E-state index contributed by atoms with van der Waals surface area (Å²) in [6, 6.07) is 14.6. The van der Waals surface area contributed by atoms with Crippen LogP contribution in [-0.2, 0) is 14.3 Å². The van der Waals surface area contributed by atoms with Crippen molar-refractivity contribution in [3.05, 3.63) is 69.7 Å². The van der Waals surface area contributed by atoms with Gasteiger partial charge in [0.1, 0.15) is 6.54 Å². The molecule has 2 heterocycles. The van der Waals surface area contributed by atoms with E-state index in [-0.39, 0.29) is 24.4 Å². The molecule has 4 rings (SSSR count). The third kappa shape index (κ3) is 6.41. The van der Waals surface area contributed by atoms with Crippen molar-refractivity contribution >= 4 is 40.7 Å². The number of carbonyl (C=O) groups is 2. The Labute approximate surface area is 216 Å². The maximum absolute atomic E-state index is 13.6. The lowest BCUT2D eigenvalue weighted by Crippen LogP contribution is -2.46. The van der Waals surface area contributed by atoms with Gasteiger partial charge in [0, 0.05) is 54.6 Å². The van der Waals surface area contributed by atoms with Crippen molar-refractivity contribution < 1.29 is 14.3 Å². The molecular weight excluding hydrogens is 487 g/mol. The minimum absolute atomic E-state index is 0.0274. The Balaban J connectivity index is 1.55. The molecule has 0 N–H and O–H groups in total. The van der Waals surface area contributed by atoms with Crippen molar-refractivity contribution in [1.29, 1.82) is 0 Å². The van der Waals surface area contributed by atoms with Gasteiger partial charge in [-0.05, 0) is 23.8 Å². The van der Waals surface area contributed by atoms with Crippen molar-refractivity contribution in [3.63, 3.8) is 0 Å². The van der Waals surface area contributed by atoms with Gasteiger partial charge in [0.15, 0.2) is 0 Å². The Bertz CT molecular complexity index is 1070. The molecule has 1 saturated heterocycles. The summed E-state index contributed by atoms with van der Waals surface area (Å²) in [5, 5.41) is 7.42. The van der Waals surface area contributed by atoms with Gasteiger partial charge in [-0.25, -0.2) is 5.01 Å². The lowest BCUT2D eigenvalue weighted by atomic mass is 9.98. The van der Waals surface area contributed by atoms with Gasteiger partial charge in [-0.3, -0.25) is 14.5 Å². The maximum atomic E-state index is 13.6. The van der Waals surface area contributed by atoms with Crippen molar-refractivity contribution in [3.8, 4) is 0 Å². The lowest BCUT2D eigenvalue weighted by molar-refractivity contribution is -0.141. The molecule has 0 aliphatic carbocycles. The summed E-state index contributed by atoms with van der Waals surface area (Å²) in [6.45, 7) is 6.02. The number of rotatable bonds is 8. The first-order valence-electron chi connectivity index (χ1n) is 11.9. The summed E-state index contributed by atoms with van der Waals surface area (Å²) < 4.78 is 5.41. The van der Waals surface area contributed by atoms with Crippen molar-refractivity contribution in [2.24, 2.45) is 5.10 Å². The number of hydrogen-bond acceptors (Lipinski definition) is 5. The van der Waals surface area contributed by atoms with Crippen molar-refractivity contribution in [1.82, 2.24) is 14.8 Å². The normalized spacial score (nSPS) is 18.4. The number of halogens is 2. The molecule has 0 aromatic heterocycles. The van der Waals surface area contributed by atoms with Crippen LogP contribution < -0.4 is 0 Å². The van der Waals surface area contributed by atoms with Crippen LogP contribution in [0.3, 0.4) is 0 Å². The van der Waals surface area contributed by atoms with E-state index in [1.807, 2.05) is 55.5 Å². The number of ether oxygens (including phenoxy) is 1. The Morgan fingerprint density at radius 3 is 2.49 bits per heavy atom. The molecule has 2 aromatic rings. The standard InChI is InChI=1S/C26H30Cl2N4O3/c1-2-25(33)31(12-11-30-13-15-35-16-14-30)18-26(34)32-24(19-7-9-20(27)10-8-19)17-23(29-32)21-5-3-4-6-22(21)28/h3-10,24H,2,11-18H2,1H3. The van der Waals surface area contributed by atoms with Crippen LogP contribution in [0, 0.1) is 0 Å². The van der Waals surface area contributed by atoms with E-state index in [0.717, 1.165) is 29.9 Å². The predicted octanol–water partition coefficient (Wildman–Crippen LogP) is 4.24. The molecule has 9 heteroatoms. The Morgan fingerprint density at radius 1 is 1.09 bits per heavy atom. The summed E-state index contributed by atoms with van der Waals surface area (Å²) in [6.07, 6.45) is 0.859. The number of carbonyl (C=O) groups excluding carboxylic acids is 2. The van der Waals surface area contributed by atoms with Gasteiger partial charge in [-0.2, -0.15) is 5.10 Å². The van der Waals surface area contributed by atoms with Crippen molar-refractivity contribution in [2.75, 3.05) is 45.9 Å². The van der Waals surface area contributed by atoms with E-state index in [0.29, 0.717) is 49.2 Å². The van der Waals surface area contributed by atoms with Crippen LogP contribution in [0.5, 0.6) is 0 Å². The zero-order valence-corrected chi connectivity index (χ0v) is 21.3. The SMILES string of the molecule is CCC(=O)N(CCN1CCOCC1)CC(=O)N1N=C(c2ccccc2Cl)CC1c1ccc(Cl)cc1. The van der Waals surface area contributed by atoms with Crippen molar-refractivity contribution in [2.45, 2.75) is 25.8 Å². The van der Waals surface area contributed by atoms with E-state index in [2.05, 4.69) is 4.90 Å². The molecule has 0 saturated carbocycles. The third-order valence-electron chi connectivity index (χ3n) is 6.38. The molecule has 1 atom stereocenters. The number of hydrazone groups is 1. The van der Waals surface area contributed by atoms with Crippen LogP contribution in [0.15, 0.2) is 53.6 Å². The van der Waals surface area contributed by atoms with Crippen LogP contribution in [0.2, 0.25) is 10.0 Å². The van der Waals surface area contributed by atoms with E-state index in [4.69, 9.17) is 33.0 Å².